The van der Waals surface area contributed by atoms with E-state index in [2.05, 4.69) is 34.0 Å². The summed E-state index contributed by atoms with van der Waals surface area (Å²) in [7, 11) is 0. The zero-order valence-corrected chi connectivity index (χ0v) is 21.2. The van der Waals surface area contributed by atoms with Gasteiger partial charge in [-0.15, -0.1) is 0 Å². The van der Waals surface area contributed by atoms with Crippen molar-refractivity contribution in [2.75, 3.05) is 10.6 Å². The number of H-pyrrole nitrogens is 2. The minimum Gasteiger partial charge on any atom is -0.361 e. The molecule has 5 aromatic rings. The Kier molecular flexibility index (Phi) is 6.45. The Morgan fingerprint density at radius 3 is 1.37 bits per heavy atom. The highest BCUT2D eigenvalue weighted by atomic mass is 16.1. The minimum absolute atomic E-state index is 0.184. The molecule has 0 aliphatic rings. The van der Waals surface area contributed by atoms with Crippen LogP contribution in [0.15, 0.2) is 82.4 Å². The van der Waals surface area contributed by atoms with Crippen molar-refractivity contribution in [1.29, 1.82) is 0 Å². The number of nitrogens with one attached hydrogen (secondary N) is 4. The lowest BCUT2D eigenvalue weighted by molar-refractivity contribution is 0.832. The fourth-order valence-corrected chi connectivity index (χ4v) is 4.23. The fraction of sp³-hybridized carbons (Fsp3) is 0.0667. The van der Waals surface area contributed by atoms with Gasteiger partial charge in [-0.05, 0) is 61.4 Å². The quantitative estimate of drug-likeness (QED) is 0.283. The average molecular weight is 505 g/mol. The van der Waals surface area contributed by atoms with E-state index in [1.807, 2.05) is 86.6 Å². The summed E-state index contributed by atoms with van der Waals surface area (Å²) in [5.41, 5.74) is 4.75. The first-order valence-electron chi connectivity index (χ1n) is 12.1. The molecule has 0 saturated heterocycles. The Balaban J connectivity index is 1.35. The summed E-state index contributed by atoms with van der Waals surface area (Å²) in [4.78, 5) is 26.0. The lowest BCUT2D eigenvalue weighted by Gasteiger charge is -2.04. The number of aromatic nitrogens is 4. The van der Waals surface area contributed by atoms with E-state index >= 15 is 0 Å². The third-order valence-electron chi connectivity index (χ3n) is 6.37. The third kappa shape index (κ3) is 4.62. The largest absolute Gasteiger partial charge is 0.361 e. The van der Waals surface area contributed by atoms with Crippen molar-refractivity contribution in [3.05, 3.63) is 126 Å². The van der Waals surface area contributed by atoms with Crippen LogP contribution in [-0.2, 0) is 0 Å². The minimum atomic E-state index is -0.184. The predicted molar refractivity (Wildman–Crippen MR) is 154 cm³/mol. The van der Waals surface area contributed by atoms with Crippen LogP contribution < -0.4 is 42.9 Å². The fourth-order valence-electron chi connectivity index (χ4n) is 4.23. The van der Waals surface area contributed by atoms with Crippen molar-refractivity contribution in [2.45, 2.75) is 13.8 Å². The number of benzene rings is 3. The van der Waals surface area contributed by atoms with Crippen LogP contribution >= 0.6 is 0 Å². The molecule has 0 amide bonds. The number of aromatic amines is 2. The maximum Gasteiger partial charge on any atom is 0.280 e. The van der Waals surface area contributed by atoms with Crippen molar-refractivity contribution < 1.29 is 0 Å². The summed E-state index contributed by atoms with van der Waals surface area (Å²) < 4.78 is 3.00. The molecule has 0 aliphatic heterocycles. The third-order valence-corrected chi connectivity index (χ3v) is 6.37. The topological polar surface area (TPSA) is 99.6 Å². The predicted octanol–water partition coefficient (Wildman–Crippen LogP) is 1.78. The van der Waals surface area contributed by atoms with Crippen molar-refractivity contribution in [2.24, 2.45) is 0 Å². The van der Waals surface area contributed by atoms with Gasteiger partial charge < -0.3 is 10.6 Å². The van der Waals surface area contributed by atoms with Gasteiger partial charge in [0.15, 0.2) is 0 Å². The monoisotopic (exact) mass is 504 g/mol. The van der Waals surface area contributed by atoms with E-state index in [9.17, 15) is 9.59 Å². The highest BCUT2D eigenvalue weighted by Gasteiger charge is 2.08. The molecule has 5 rings (SSSR count). The van der Waals surface area contributed by atoms with E-state index in [0.717, 1.165) is 33.9 Å². The molecule has 2 heterocycles. The molecule has 0 fully saturated rings. The zero-order chi connectivity index (χ0) is 26.8. The van der Waals surface area contributed by atoms with E-state index in [1.54, 1.807) is 12.4 Å². The Labute approximate surface area is 218 Å². The number of hydrogen-bond donors (Lipinski definition) is 4. The van der Waals surface area contributed by atoms with Gasteiger partial charge in [-0.2, -0.15) is 0 Å². The summed E-state index contributed by atoms with van der Waals surface area (Å²) in [6.45, 7) is 11.9. The smallest absolute Gasteiger partial charge is 0.280 e. The number of para-hydroxylation sites is 2. The summed E-state index contributed by atoms with van der Waals surface area (Å²) in [6, 6.07) is 22.8. The van der Waals surface area contributed by atoms with Gasteiger partial charge in [-0.25, -0.2) is 9.36 Å². The molecule has 3 aromatic carbocycles. The number of aryl methyl sites for hydroxylation is 2. The van der Waals surface area contributed by atoms with Gasteiger partial charge in [0.2, 0.25) is 0 Å². The van der Waals surface area contributed by atoms with Crippen LogP contribution in [0.4, 0.5) is 11.4 Å². The number of hydrogen-bond acceptors (Lipinski definition) is 4. The molecule has 8 heteroatoms. The average Bonchev–Trinajstić information content (AvgIpc) is 3.36. The van der Waals surface area contributed by atoms with Crippen LogP contribution in [0.25, 0.3) is 36.9 Å². The lowest BCUT2D eigenvalue weighted by Crippen LogP contribution is -2.35. The summed E-state index contributed by atoms with van der Waals surface area (Å²) in [5.74, 6) is 0. The van der Waals surface area contributed by atoms with Gasteiger partial charge in [0, 0.05) is 23.8 Å². The molecule has 0 bridgehead atoms. The van der Waals surface area contributed by atoms with Crippen LogP contribution in [0.2, 0.25) is 0 Å². The Morgan fingerprint density at radius 1 is 0.632 bits per heavy atom. The van der Waals surface area contributed by atoms with Crippen LogP contribution in [0.3, 0.4) is 0 Å². The normalized spacial score (nSPS) is 12.2. The van der Waals surface area contributed by atoms with Gasteiger partial charge in [0.05, 0.1) is 32.5 Å². The lowest BCUT2D eigenvalue weighted by atomic mass is 10.2. The van der Waals surface area contributed by atoms with Gasteiger partial charge in [0.1, 0.15) is 0 Å². The van der Waals surface area contributed by atoms with Crippen molar-refractivity contribution in [3.8, 4) is 11.4 Å². The second-order valence-corrected chi connectivity index (χ2v) is 9.02. The molecular weight excluding hydrogens is 476 g/mol. The molecule has 190 valence electrons. The second kappa shape index (κ2) is 10.0. The maximum absolute atomic E-state index is 13.0. The van der Waals surface area contributed by atoms with Crippen molar-refractivity contribution in [3.63, 3.8) is 0 Å². The highest BCUT2D eigenvalue weighted by Crippen LogP contribution is 2.13. The number of nitrogens with zero attached hydrogens (tertiary/aromatic N) is 2. The SMILES string of the molecule is C=c1[nH]n(-c2ccccc2C)c(=O)c1=CNc1ccc(NC=c2c(=C)[nH]n(-c3ccccc3C)c2=O)cc1. The van der Waals surface area contributed by atoms with E-state index in [4.69, 9.17) is 0 Å². The van der Waals surface area contributed by atoms with E-state index in [0.29, 0.717) is 21.1 Å². The Morgan fingerprint density at radius 2 is 1.00 bits per heavy atom. The molecular formula is C30H28N6O2. The Hall–Kier alpha value is -5.24. The molecule has 0 radical (unpaired) electrons. The van der Waals surface area contributed by atoms with Crippen LogP contribution in [0, 0.1) is 13.8 Å². The number of anilines is 2. The molecule has 0 spiro atoms. The van der Waals surface area contributed by atoms with Gasteiger partial charge in [-0.1, -0.05) is 49.6 Å². The van der Waals surface area contributed by atoms with Gasteiger partial charge in [0.25, 0.3) is 11.1 Å². The van der Waals surface area contributed by atoms with Crippen LogP contribution in [0.1, 0.15) is 11.1 Å². The Bertz CT molecular complexity index is 1830. The molecule has 0 aliphatic carbocycles. The highest BCUT2D eigenvalue weighted by molar-refractivity contribution is 5.62. The van der Waals surface area contributed by atoms with E-state index < -0.39 is 0 Å². The maximum atomic E-state index is 13.0. The van der Waals surface area contributed by atoms with Crippen LogP contribution in [0.5, 0.6) is 0 Å². The van der Waals surface area contributed by atoms with Gasteiger partial charge in [-0.3, -0.25) is 19.8 Å². The van der Waals surface area contributed by atoms with Gasteiger partial charge >= 0.3 is 0 Å². The van der Waals surface area contributed by atoms with E-state index in [-0.39, 0.29) is 11.1 Å². The molecule has 8 nitrogen and oxygen atoms in total. The molecule has 38 heavy (non-hydrogen) atoms. The standard InChI is InChI=1S/C30H28N6O2/c1-19-9-5-7-11-27(19)35-29(37)25(21(3)33-35)17-31-23-13-15-24(16-14-23)32-18-26-22(4)34-36(30(26)38)28-12-8-6-10-20(28)2/h5-18,31-34H,3-4H2,1-2H3. The van der Waals surface area contributed by atoms with E-state index in [1.165, 1.54) is 9.36 Å². The second-order valence-electron chi connectivity index (χ2n) is 9.02. The molecule has 0 atom stereocenters. The molecule has 4 N–H and O–H groups in total. The first-order valence-corrected chi connectivity index (χ1v) is 12.1. The molecule has 0 unspecified atom stereocenters. The molecule has 2 aromatic heterocycles. The summed E-state index contributed by atoms with van der Waals surface area (Å²) in [6.07, 6.45) is 3.29. The first-order chi connectivity index (χ1) is 18.3. The van der Waals surface area contributed by atoms with Crippen molar-refractivity contribution in [1.82, 2.24) is 19.6 Å². The van der Waals surface area contributed by atoms with Crippen molar-refractivity contribution >= 4 is 36.9 Å². The van der Waals surface area contributed by atoms with Crippen LogP contribution in [-0.4, -0.2) is 19.6 Å². The number of rotatable bonds is 6. The summed E-state index contributed by atoms with van der Waals surface area (Å²) in [5, 5.41) is 14.4. The first kappa shape index (κ1) is 24.5. The zero-order valence-electron chi connectivity index (χ0n) is 21.2. The summed E-state index contributed by atoms with van der Waals surface area (Å²) >= 11 is 0. The molecule has 0 saturated carbocycles.